The summed E-state index contributed by atoms with van der Waals surface area (Å²) in [5, 5.41) is 2.47. The minimum absolute atomic E-state index is 0.0642. The van der Waals surface area contributed by atoms with E-state index in [1.807, 2.05) is 0 Å². The topological polar surface area (TPSA) is 72.5 Å². The maximum Gasteiger partial charge on any atom is 0.287 e. The number of methoxy groups -OCH3 is 1. The molecule has 0 rings (SSSR count). The molecule has 0 saturated carbocycles. The van der Waals surface area contributed by atoms with Crippen LogP contribution in [0.4, 0.5) is 0 Å². The van der Waals surface area contributed by atoms with E-state index in [4.69, 9.17) is 4.74 Å². The molecule has 0 aliphatic rings. The number of Topliss-reactive ketones (excluding diaryl/α,β-unsaturated/α-hetero) is 1. The van der Waals surface area contributed by atoms with Crippen LogP contribution in [0.2, 0.25) is 0 Å². The number of allylic oxidation sites excluding steroid dienone is 1. The SMILES string of the molecule is C=CC(=O)CCCNC(=O)C(=O)CCCOC. The van der Waals surface area contributed by atoms with Crippen molar-refractivity contribution in [1.29, 1.82) is 0 Å². The summed E-state index contributed by atoms with van der Waals surface area (Å²) in [6.45, 7) is 4.13. The van der Waals surface area contributed by atoms with E-state index >= 15 is 0 Å². The first kappa shape index (κ1) is 15.5. The van der Waals surface area contributed by atoms with Crippen molar-refractivity contribution in [2.45, 2.75) is 25.7 Å². The van der Waals surface area contributed by atoms with Crippen molar-refractivity contribution >= 4 is 17.5 Å². The summed E-state index contributed by atoms with van der Waals surface area (Å²) >= 11 is 0. The highest BCUT2D eigenvalue weighted by molar-refractivity contribution is 6.36. The summed E-state index contributed by atoms with van der Waals surface area (Å²) in [5.41, 5.74) is 0. The molecule has 0 bridgehead atoms. The molecular formula is C12H19NO4. The van der Waals surface area contributed by atoms with Crippen LogP contribution >= 0.6 is 0 Å². The summed E-state index contributed by atoms with van der Waals surface area (Å²) in [4.78, 5) is 33.3. The Bertz CT molecular complexity index is 286. The van der Waals surface area contributed by atoms with Gasteiger partial charge < -0.3 is 10.1 Å². The van der Waals surface area contributed by atoms with E-state index in [1.165, 1.54) is 6.08 Å². The Morgan fingerprint density at radius 3 is 2.53 bits per heavy atom. The maximum atomic E-state index is 11.3. The van der Waals surface area contributed by atoms with Gasteiger partial charge in [-0.3, -0.25) is 14.4 Å². The van der Waals surface area contributed by atoms with Gasteiger partial charge in [-0.1, -0.05) is 6.58 Å². The van der Waals surface area contributed by atoms with Gasteiger partial charge in [-0.25, -0.2) is 0 Å². The van der Waals surface area contributed by atoms with Crippen molar-refractivity contribution in [2.24, 2.45) is 0 Å². The number of hydrogen-bond donors (Lipinski definition) is 1. The Morgan fingerprint density at radius 2 is 1.94 bits per heavy atom. The lowest BCUT2D eigenvalue weighted by Gasteiger charge is -2.03. The normalized spacial score (nSPS) is 9.71. The van der Waals surface area contributed by atoms with Crippen LogP contribution in [0.3, 0.4) is 0 Å². The summed E-state index contributed by atoms with van der Waals surface area (Å²) < 4.78 is 4.78. The molecule has 0 aromatic rings. The Kier molecular flexibility index (Phi) is 8.86. The number of hydrogen-bond acceptors (Lipinski definition) is 4. The van der Waals surface area contributed by atoms with Gasteiger partial charge in [-0.2, -0.15) is 0 Å². The van der Waals surface area contributed by atoms with Gasteiger partial charge in [-0.05, 0) is 18.9 Å². The fourth-order valence-corrected chi connectivity index (χ4v) is 1.16. The molecule has 1 N–H and O–H groups in total. The number of nitrogens with one attached hydrogen (secondary N) is 1. The van der Waals surface area contributed by atoms with Crippen LogP contribution in [0, 0.1) is 0 Å². The van der Waals surface area contributed by atoms with E-state index in [9.17, 15) is 14.4 Å². The lowest BCUT2D eigenvalue weighted by atomic mass is 10.2. The highest BCUT2D eigenvalue weighted by Crippen LogP contribution is 1.93. The first-order valence-electron chi connectivity index (χ1n) is 5.57. The van der Waals surface area contributed by atoms with E-state index < -0.39 is 11.7 Å². The molecule has 0 fully saturated rings. The lowest BCUT2D eigenvalue weighted by Crippen LogP contribution is -2.31. The highest BCUT2D eigenvalue weighted by atomic mass is 16.5. The third-order valence-electron chi connectivity index (χ3n) is 2.12. The number of amides is 1. The predicted molar refractivity (Wildman–Crippen MR) is 63.6 cm³/mol. The summed E-state index contributed by atoms with van der Waals surface area (Å²) in [5.74, 6) is -1.10. The van der Waals surface area contributed by atoms with Crippen LogP contribution in [0.15, 0.2) is 12.7 Å². The molecule has 0 aromatic carbocycles. The van der Waals surface area contributed by atoms with Crippen LogP contribution in [0.5, 0.6) is 0 Å². The zero-order valence-electron chi connectivity index (χ0n) is 10.2. The van der Waals surface area contributed by atoms with Gasteiger partial charge >= 0.3 is 0 Å². The fraction of sp³-hybridized carbons (Fsp3) is 0.583. The second-order valence-electron chi connectivity index (χ2n) is 3.55. The van der Waals surface area contributed by atoms with E-state index in [1.54, 1.807) is 7.11 Å². The maximum absolute atomic E-state index is 11.3. The second kappa shape index (κ2) is 9.72. The number of carbonyl (C=O) groups excluding carboxylic acids is 3. The van der Waals surface area contributed by atoms with Gasteiger partial charge in [0.15, 0.2) is 5.78 Å². The Balaban J connectivity index is 3.60. The first-order valence-corrected chi connectivity index (χ1v) is 5.57. The predicted octanol–water partition coefficient (Wildman–Crippen LogP) is 0.634. The monoisotopic (exact) mass is 241 g/mol. The Labute approximate surface area is 101 Å². The number of rotatable bonds is 10. The van der Waals surface area contributed by atoms with Gasteiger partial charge in [0.1, 0.15) is 0 Å². The van der Waals surface area contributed by atoms with Crippen molar-refractivity contribution < 1.29 is 19.1 Å². The largest absolute Gasteiger partial charge is 0.385 e. The number of ether oxygens (including phenoxy) is 1. The zero-order chi connectivity index (χ0) is 13.1. The first-order chi connectivity index (χ1) is 8.11. The standard InChI is InChI=1S/C12H19NO4/c1-3-10(14)6-4-8-13-12(16)11(15)7-5-9-17-2/h3H,1,4-9H2,2H3,(H,13,16). The summed E-state index contributed by atoms with van der Waals surface area (Å²) in [7, 11) is 1.54. The quantitative estimate of drug-likeness (QED) is 0.346. The third kappa shape index (κ3) is 8.33. The van der Waals surface area contributed by atoms with Crippen molar-refractivity contribution in [2.75, 3.05) is 20.3 Å². The molecule has 0 radical (unpaired) electrons. The molecule has 0 aliphatic heterocycles. The Morgan fingerprint density at radius 1 is 1.24 bits per heavy atom. The molecule has 0 heterocycles. The molecule has 17 heavy (non-hydrogen) atoms. The van der Waals surface area contributed by atoms with E-state index in [-0.39, 0.29) is 12.2 Å². The van der Waals surface area contributed by atoms with Crippen LogP contribution in [-0.2, 0) is 19.1 Å². The lowest BCUT2D eigenvalue weighted by molar-refractivity contribution is -0.138. The molecule has 0 unspecified atom stereocenters. The molecule has 0 atom stereocenters. The smallest absolute Gasteiger partial charge is 0.287 e. The van der Waals surface area contributed by atoms with Gasteiger partial charge in [0.05, 0.1) is 0 Å². The second-order valence-corrected chi connectivity index (χ2v) is 3.55. The van der Waals surface area contributed by atoms with Gasteiger partial charge in [0, 0.05) is 33.1 Å². The van der Waals surface area contributed by atoms with E-state index in [2.05, 4.69) is 11.9 Å². The molecular weight excluding hydrogens is 222 g/mol. The van der Waals surface area contributed by atoms with Gasteiger partial charge in [0.25, 0.3) is 5.91 Å². The molecule has 0 saturated heterocycles. The van der Waals surface area contributed by atoms with E-state index in [0.717, 1.165) is 0 Å². The average Bonchev–Trinajstić information content (AvgIpc) is 2.34. The molecule has 0 aromatic heterocycles. The molecule has 0 aliphatic carbocycles. The number of ketones is 2. The van der Waals surface area contributed by atoms with E-state index in [0.29, 0.717) is 32.4 Å². The molecule has 96 valence electrons. The number of carbonyl (C=O) groups is 3. The van der Waals surface area contributed by atoms with Crippen molar-refractivity contribution in [3.05, 3.63) is 12.7 Å². The van der Waals surface area contributed by atoms with Crippen molar-refractivity contribution in [3.8, 4) is 0 Å². The summed E-state index contributed by atoms with van der Waals surface area (Å²) in [6, 6.07) is 0. The van der Waals surface area contributed by atoms with Crippen molar-refractivity contribution in [3.63, 3.8) is 0 Å². The molecule has 5 nitrogen and oxygen atoms in total. The van der Waals surface area contributed by atoms with Crippen LogP contribution < -0.4 is 5.32 Å². The zero-order valence-corrected chi connectivity index (χ0v) is 10.2. The molecule has 0 spiro atoms. The minimum atomic E-state index is -0.591. The summed E-state index contributed by atoms with van der Waals surface area (Å²) in [6.07, 6.45) is 2.82. The van der Waals surface area contributed by atoms with Crippen LogP contribution in [0.1, 0.15) is 25.7 Å². The molecule has 1 amide bonds. The minimum Gasteiger partial charge on any atom is -0.385 e. The van der Waals surface area contributed by atoms with Gasteiger partial charge in [-0.15, -0.1) is 0 Å². The Hall–Kier alpha value is -1.49. The average molecular weight is 241 g/mol. The highest BCUT2D eigenvalue weighted by Gasteiger charge is 2.11. The third-order valence-corrected chi connectivity index (χ3v) is 2.12. The molecule has 5 heteroatoms. The van der Waals surface area contributed by atoms with Crippen LogP contribution in [-0.4, -0.2) is 37.7 Å². The van der Waals surface area contributed by atoms with Crippen LogP contribution in [0.25, 0.3) is 0 Å². The van der Waals surface area contributed by atoms with Crippen molar-refractivity contribution in [1.82, 2.24) is 5.32 Å². The van der Waals surface area contributed by atoms with Gasteiger partial charge in [0.2, 0.25) is 5.78 Å². The fourth-order valence-electron chi connectivity index (χ4n) is 1.16.